The molecule has 0 aliphatic carbocycles. The van der Waals surface area contributed by atoms with Crippen LogP contribution in [0, 0.1) is 0 Å². The average Bonchev–Trinajstić information content (AvgIpc) is 3.33. The van der Waals surface area contributed by atoms with Crippen molar-refractivity contribution >= 4 is 35.0 Å². The Morgan fingerprint density at radius 3 is 2.41 bits per heavy atom. The van der Waals surface area contributed by atoms with Crippen LogP contribution in [0.5, 0.6) is 0 Å². The molecule has 32 heavy (non-hydrogen) atoms. The standard InChI is InChI=1S/C24H26Cl2N2O4/c25-21-9-8-18(13-22(21)26)24(30)27-10-12-32-20(15-27)16-28(14-19-7-4-11-31-19)23(29)17-5-2-1-3-6-17/h1-3,5-6,8-9,13,19-20H,4,7,10-12,14-16H2/t19-,20-/m0/s1. The predicted molar refractivity (Wildman–Crippen MR) is 123 cm³/mol. The minimum atomic E-state index is -0.287. The second-order valence-corrected chi connectivity index (χ2v) is 8.90. The number of carbonyl (C=O) groups excluding carboxylic acids is 2. The minimum absolute atomic E-state index is 0.0280. The lowest BCUT2D eigenvalue weighted by molar-refractivity contribution is -0.0375. The fourth-order valence-electron chi connectivity index (χ4n) is 4.11. The lowest BCUT2D eigenvalue weighted by atomic mass is 10.1. The van der Waals surface area contributed by atoms with Crippen LogP contribution in [0.15, 0.2) is 48.5 Å². The summed E-state index contributed by atoms with van der Waals surface area (Å²) in [4.78, 5) is 29.8. The van der Waals surface area contributed by atoms with Gasteiger partial charge in [-0.1, -0.05) is 41.4 Å². The first-order valence-electron chi connectivity index (χ1n) is 10.8. The van der Waals surface area contributed by atoms with E-state index in [0.29, 0.717) is 54.0 Å². The smallest absolute Gasteiger partial charge is 0.254 e. The molecule has 0 unspecified atom stereocenters. The van der Waals surface area contributed by atoms with Crippen LogP contribution in [0.4, 0.5) is 0 Å². The van der Waals surface area contributed by atoms with Crippen LogP contribution in [0.1, 0.15) is 33.6 Å². The number of rotatable bonds is 6. The molecule has 8 heteroatoms. The molecule has 0 N–H and O–H groups in total. The number of benzene rings is 2. The fourth-order valence-corrected chi connectivity index (χ4v) is 4.41. The number of ether oxygens (including phenoxy) is 2. The zero-order valence-corrected chi connectivity index (χ0v) is 19.2. The third kappa shape index (κ3) is 5.62. The number of morpholine rings is 1. The van der Waals surface area contributed by atoms with Gasteiger partial charge < -0.3 is 19.3 Å². The van der Waals surface area contributed by atoms with Gasteiger partial charge in [-0.3, -0.25) is 9.59 Å². The van der Waals surface area contributed by atoms with Crippen molar-refractivity contribution in [2.24, 2.45) is 0 Å². The third-order valence-corrected chi connectivity index (χ3v) is 6.51. The van der Waals surface area contributed by atoms with E-state index in [1.807, 2.05) is 30.3 Å². The van der Waals surface area contributed by atoms with Crippen molar-refractivity contribution in [3.05, 3.63) is 69.7 Å². The highest BCUT2D eigenvalue weighted by Gasteiger charge is 2.30. The zero-order valence-electron chi connectivity index (χ0n) is 17.7. The Labute approximate surface area is 198 Å². The molecule has 0 saturated carbocycles. The van der Waals surface area contributed by atoms with Gasteiger partial charge in [0.05, 0.1) is 28.9 Å². The quantitative estimate of drug-likeness (QED) is 0.627. The van der Waals surface area contributed by atoms with Gasteiger partial charge in [-0.15, -0.1) is 0 Å². The van der Waals surface area contributed by atoms with Crippen molar-refractivity contribution < 1.29 is 19.1 Å². The number of halogens is 2. The molecule has 2 aliphatic heterocycles. The fraction of sp³-hybridized carbons (Fsp3) is 0.417. The van der Waals surface area contributed by atoms with Gasteiger partial charge in [-0.2, -0.15) is 0 Å². The Hall–Kier alpha value is -2.12. The molecular weight excluding hydrogens is 451 g/mol. The van der Waals surface area contributed by atoms with Gasteiger partial charge in [-0.05, 0) is 43.2 Å². The molecule has 6 nitrogen and oxygen atoms in total. The summed E-state index contributed by atoms with van der Waals surface area (Å²) in [6, 6.07) is 14.1. The monoisotopic (exact) mass is 476 g/mol. The van der Waals surface area contributed by atoms with Crippen molar-refractivity contribution in [1.82, 2.24) is 9.80 Å². The van der Waals surface area contributed by atoms with Crippen LogP contribution >= 0.6 is 23.2 Å². The molecule has 2 aromatic carbocycles. The second kappa shape index (κ2) is 10.7. The van der Waals surface area contributed by atoms with E-state index in [9.17, 15) is 9.59 Å². The van der Waals surface area contributed by atoms with E-state index in [2.05, 4.69) is 0 Å². The Bertz CT molecular complexity index is 950. The summed E-state index contributed by atoms with van der Waals surface area (Å²) in [5, 5.41) is 0.755. The molecule has 2 amide bonds. The van der Waals surface area contributed by atoms with E-state index in [4.69, 9.17) is 32.7 Å². The van der Waals surface area contributed by atoms with Gasteiger partial charge in [0.25, 0.3) is 11.8 Å². The Kier molecular flexibility index (Phi) is 7.68. The first-order valence-corrected chi connectivity index (χ1v) is 11.6. The Balaban J connectivity index is 1.45. The van der Waals surface area contributed by atoms with Crippen molar-refractivity contribution in [3.8, 4) is 0 Å². The maximum atomic E-state index is 13.2. The van der Waals surface area contributed by atoms with E-state index in [0.717, 1.165) is 19.4 Å². The van der Waals surface area contributed by atoms with E-state index in [1.54, 1.807) is 28.0 Å². The molecule has 2 atom stereocenters. The largest absolute Gasteiger partial charge is 0.376 e. The topological polar surface area (TPSA) is 59.1 Å². The van der Waals surface area contributed by atoms with Crippen molar-refractivity contribution in [2.75, 3.05) is 39.4 Å². The molecular formula is C24H26Cl2N2O4. The normalized spacial score (nSPS) is 20.9. The molecule has 2 fully saturated rings. The number of hydrogen-bond acceptors (Lipinski definition) is 4. The van der Waals surface area contributed by atoms with Gasteiger partial charge in [0.1, 0.15) is 0 Å². The third-order valence-electron chi connectivity index (χ3n) is 5.77. The summed E-state index contributed by atoms with van der Waals surface area (Å²) in [7, 11) is 0. The summed E-state index contributed by atoms with van der Waals surface area (Å²) >= 11 is 12.1. The van der Waals surface area contributed by atoms with E-state index >= 15 is 0 Å². The van der Waals surface area contributed by atoms with Crippen molar-refractivity contribution in [3.63, 3.8) is 0 Å². The predicted octanol–water partition coefficient (Wildman–Crippen LogP) is 4.16. The summed E-state index contributed by atoms with van der Waals surface area (Å²) in [6.45, 7) is 2.90. The summed E-state index contributed by atoms with van der Waals surface area (Å²) in [5.74, 6) is -0.186. The molecule has 0 radical (unpaired) electrons. The van der Waals surface area contributed by atoms with Crippen LogP contribution in [0.2, 0.25) is 10.0 Å². The second-order valence-electron chi connectivity index (χ2n) is 8.08. The highest BCUT2D eigenvalue weighted by Crippen LogP contribution is 2.24. The van der Waals surface area contributed by atoms with Crippen molar-refractivity contribution in [1.29, 1.82) is 0 Å². The molecule has 0 spiro atoms. The summed E-state index contributed by atoms with van der Waals surface area (Å²) in [6.07, 6.45) is 1.68. The van der Waals surface area contributed by atoms with Gasteiger partial charge in [0.2, 0.25) is 0 Å². The molecule has 170 valence electrons. The minimum Gasteiger partial charge on any atom is -0.376 e. The lowest BCUT2D eigenvalue weighted by Gasteiger charge is -2.36. The lowest BCUT2D eigenvalue weighted by Crippen LogP contribution is -2.51. The van der Waals surface area contributed by atoms with Gasteiger partial charge in [-0.25, -0.2) is 0 Å². The van der Waals surface area contributed by atoms with Crippen LogP contribution in [0.25, 0.3) is 0 Å². The number of amides is 2. The van der Waals surface area contributed by atoms with Crippen LogP contribution in [-0.2, 0) is 9.47 Å². The molecule has 2 aromatic rings. The van der Waals surface area contributed by atoms with E-state index in [1.165, 1.54) is 0 Å². The van der Waals surface area contributed by atoms with Crippen molar-refractivity contribution in [2.45, 2.75) is 25.0 Å². The first kappa shape index (κ1) is 23.1. The SMILES string of the molecule is O=C(c1ccc(Cl)c(Cl)c1)N1CCO[C@H](CN(C[C@@H]2CCCO2)C(=O)c2ccccc2)C1. The van der Waals surface area contributed by atoms with Crippen LogP contribution in [-0.4, -0.2) is 73.2 Å². The average molecular weight is 477 g/mol. The summed E-state index contributed by atoms with van der Waals surface area (Å²) < 4.78 is 11.7. The maximum absolute atomic E-state index is 13.2. The maximum Gasteiger partial charge on any atom is 0.254 e. The zero-order chi connectivity index (χ0) is 22.5. The van der Waals surface area contributed by atoms with Gasteiger partial charge >= 0.3 is 0 Å². The highest BCUT2D eigenvalue weighted by atomic mass is 35.5. The molecule has 4 rings (SSSR count). The van der Waals surface area contributed by atoms with E-state index < -0.39 is 0 Å². The molecule has 2 heterocycles. The molecule has 2 aliphatic rings. The Morgan fingerprint density at radius 1 is 0.938 bits per heavy atom. The molecule has 0 aromatic heterocycles. The highest BCUT2D eigenvalue weighted by molar-refractivity contribution is 6.42. The first-order chi connectivity index (χ1) is 15.5. The number of carbonyl (C=O) groups is 2. The summed E-state index contributed by atoms with van der Waals surface area (Å²) in [5.41, 5.74) is 1.11. The number of nitrogens with zero attached hydrogens (tertiary/aromatic N) is 2. The van der Waals surface area contributed by atoms with Gasteiger partial charge in [0, 0.05) is 43.9 Å². The van der Waals surface area contributed by atoms with E-state index in [-0.39, 0.29) is 24.0 Å². The van der Waals surface area contributed by atoms with Crippen LogP contribution in [0.3, 0.4) is 0 Å². The van der Waals surface area contributed by atoms with Gasteiger partial charge in [0.15, 0.2) is 0 Å². The Morgan fingerprint density at radius 2 is 1.69 bits per heavy atom. The molecule has 2 saturated heterocycles. The van der Waals surface area contributed by atoms with Crippen LogP contribution < -0.4 is 0 Å². The number of hydrogen-bond donors (Lipinski definition) is 0. The molecule has 0 bridgehead atoms.